The second-order valence-corrected chi connectivity index (χ2v) is 6.10. The number of carbonyl (C=O) groups is 1. The molecule has 0 saturated heterocycles. The standard InChI is InChI=1S/C15H13BrO2S/c1-10-3-2-4-11(7-10)9-19-14-6-5-12(15(17)18)8-13(14)16/h2-8H,9H2,1H3,(H,17,18). The largest absolute Gasteiger partial charge is 0.478 e. The number of carboxylic acid groups (broad SMARTS) is 1. The third kappa shape index (κ3) is 3.85. The minimum Gasteiger partial charge on any atom is -0.478 e. The molecule has 2 aromatic carbocycles. The Kier molecular flexibility index (Phi) is 4.66. The predicted molar refractivity (Wildman–Crippen MR) is 81.8 cm³/mol. The molecule has 0 saturated carbocycles. The quantitative estimate of drug-likeness (QED) is 0.818. The van der Waals surface area contributed by atoms with E-state index < -0.39 is 5.97 Å². The van der Waals surface area contributed by atoms with Crippen molar-refractivity contribution in [2.24, 2.45) is 0 Å². The average Bonchev–Trinajstić information content (AvgIpc) is 2.37. The molecule has 0 unspecified atom stereocenters. The molecule has 0 aromatic heterocycles. The lowest BCUT2D eigenvalue weighted by Crippen LogP contribution is -1.95. The highest BCUT2D eigenvalue weighted by molar-refractivity contribution is 9.10. The maximum absolute atomic E-state index is 10.9. The summed E-state index contributed by atoms with van der Waals surface area (Å²) in [6.07, 6.45) is 0. The second kappa shape index (κ2) is 6.26. The molecule has 0 aliphatic heterocycles. The molecular formula is C15H13BrO2S. The first-order valence-corrected chi connectivity index (χ1v) is 7.55. The molecule has 2 nitrogen and oxygen atoms in total. The number of thioether (sulfide) groups is 1. The lowest BCUT2D eigenvalue weighted by Gasteiger charge is -2.06. The Morgan fingerprint density at radius 3 is 2.68 bits per heavy atom. The molecule has 0 amide bonds. The predicted octanol–water partition coefficient (Wildman–Crippen LogP) is 4.75. The summed E-state index contributed by atoms with van der Waals surface area (Å²) in [5.41, 5.74) is 2.81. The Morgan fingerprint density at radius 1 is 1.26 bits per heavy atom. The van der Waals surface area contributed by atoms with Gasteiger partial charge < -0.3 is 5.11 Å². The van der Waals surface area contributed by atoms with Gasteiger partial charge in [0.15, 0.2) is 0 Å². The van der Waals surface area contributed by atoms with Crippen LogP contribution in [0.4, 0.5) is 0 Å². The van der Waals surface area contributed by atoms with Crippen molar-refractivity contribution in [1.29, 1.82) is 0 Å². The van der Waals surface area contributed by atoms with Crippen molar-refractivity contribution in [3.63, 3.8) is 0 Å². The molecular weight excluding hydrogens is 324 g/mol. The molecule has 1 N–H and O–H groups in total. The van der Waals surface area contributed by atoms with Crippen molar-refractivity contribution in [2.45, 2.75) is 17.6 Å². The smallest absolute Gasteiger partial charge is 0.335 e. The van der Waals surface area contributed by atoms with Gasteiger partial charge in [-0.1, -0.05) is 29.8 Å². The highest BCUT2D eigenvalue weighted by atomic mass is 79.9. The van der Waals surface area contributed by atoms with E-state index in [9.17, 15) is 4.79 Å². The van der Waals surface area contributed by atoms with E-state index in [4.69, 9.17) is 5.11 Å². The molecule has 0 spiro atoms. The van der Waals surface area contributed by atoms with Gasteiger partial charge in [-0.15, -0.1) is 11.8 Å². The number of hydrogen-bond donors (Lipinski definition) is 1. The van der Waals surface area contributed by atoms with Gasteiger partial charge in [0.2, 0.25) is 0 Å². The minimum absolute atomic E-state index is 0.298. The number of halogens is 1. The minimum atomic E-state index is -0.907. The van der Waals surface area contributed by atoms with E-state index >= 15 is 0 Å². The average molecular weight is 337 g/mol. The zero-order valence-electron chi connectivity index (χ0n) is 10.4. The molecule has 2 aromatic rings. The normalized spacial score (nSPS) is 10.4. The molecule has 4 heteroatoms. The van der Waals surface area contributed by atoms with Gasteiger partial charge in [0.25, 0.3) is 0 Å². The van der Waals surface area contributed by atoms with Crippen LogP contribution in [0.3, 0.4) is 0 Å². The van der Waals surface area contributed by atoms with Gasteiger partial charge >= 0.3 is 5.97 Å². The summed E-state index contributed by atoms with van der Waals surface area (Å²) in [4.78, 5) is 11.9. The van der Waals surface area contributed by atoms with Gasteiger partial charge in [-0.05, 0) is 46.6 Å². The van der Waals surface area contributed by atoms with Gasteiger partial charge in [0.1, 0.15) is 0 Å². The molecule has 19 heavy (non-hydrogen) atoms. The van der Waals surface area contributed by atoms with E-state index in [1.54, 1.807) is 23.9 Å². The van der Waals surface area contributed by atoms with E-state index in [0.29, 0.717) is 5.56 Å². The number of benzene rings is 2. The first-order chi connectivity index (χ1) is 9.06. The SMILES string of the molecule is Cc1cccc(CSc2ccc(C(=O)O)cc2Br)c1. The van der Waals surface area contributed by atoms with Crippen LogP contribution in [0, 0.1) is 6.92 Å². The summed E-state index contributed by atoms with van der Waals surface area (Å²) in [6, 6.07) is 13.5. The van der Waals surface area contributed by atoms with Gasteiger partial charge in [-0.2, -0.15) is 0 Å². The molecule has 0 aliphatic rings. The number of carboxylic acids is 1. The van der Waals surface area contributed by atoms with Crippen LogP contribution in [0.2, 0.25) is 0 Å². The van der Waals surface area contributed by atoms with Crippen molar-refractivity contribution < 1.29 is 9.90 Å². The summed E-state index contributed by atoms with van der Waals surface area (Å²) < 4.78 is 0.824. The summed E-state index contributed by atoms with van der Waals surface area (Å²) in [7, 11) is 0. The Morgan fingerprint density at radius 2 is 2.05 bits per heavy atom. The van der Waals surface area contributed by atoms with Crippen LogP contribution in [0.5, 0.6) is 0 Å². The third-order valence-corrected chi connectivity index (χ3v) is 4.72. The Bertz CT molecular complexity index is 611. The maximum atomic E-state index is 10.9. The topological polar surface area (TPSA) is 37.3 Å². The summed E-state index contributed by atoms with van der Waals surface area (Å²) >= 11 is 5.11. The number of rotatable bonds is 4. The first kappa shape index (κ1) is 14.2. The lowest BCUT2D eigenvalue weighted by atomic mass is 10.2. The molecule has 0 heterocycles. The van der Waals surface area contributed by atoms with E-state index in [2.05, 4.69) is 41.1 Å². The summed E-state index contributed by atoms with van der Waals surface area (Å²) in [5.74, 6) is -0.0388. The maximum Gasteiger partial charge on any atom is 0.335 e. The monoisotopic (exact) mass is 336 g/mol. The molecule has 0 fully saturated rings. The lowest BCUT2D eigenvalue weighted by molar-refractivity contribution is 0.0696. The number of aryl methyl sites for hydroxylation is 1. The van der Waals surface area contributed by atoms with Crippen molar-refractivity contribution in [3.8, 4) is 0 Å². The van der Waals surface area contributed by atoms with Crippen LogP contribution in [-0.2, 0) is 5.75 Å². The van der Waals surface area contributed by atoms with Crippen molar-refractivity contribution in [1.82, 2.24) is 0 Å². The second-order valence-electron chi connectivity index (χ2n) is 4.23. The molecule has 0 radical (unpaired) electrons. The molecule has 0 atom stereocenters. The van der Waals surface area contributed by atoms with Crippen molar-refractivity contribution in [2.75, 3.05) is 0 Å². The van der Waals surface area contributed by atoms with Gasteiger partial charge in [-0.3, -0.25) is 0 Å². The third-order valence-electron chi connectivity index (χ3n) is 2.66. The first-order valence-electron chi connectivity index (χ1n) is 5.77. The fourth-order valence-corrected chi connectivity index (χ4v) is 3.30. The molecule has 0 bridgehead atoms. The van der Waals surface area contributed by atoms with Gasteiger partial charge in [0.05, 0.1) is 5.56 Å². The summed E-state index contributed by atoms with van der Waals surface area (Å²) in [6.45, 7) is 2.08. The zero-order valence-corrected chi connectivity index (χ0v) is 12.8. The van der Waals surface area contributed by atoms with Crippen LogP contribution in [0.1, 0.15) is 21.5 Å². The Labute approximate surface area is 125 Å². The van der Waals surface area contributed by atoms with Crippen molar-refractivity contribution in [3.05, 3.63) is 63.6 Å². The number of aromatic carboxylic acids is 1. The van der Waals surface area contributed by atoms with E-state index in [1.807, 2.05) is 12.1 Å². The van der Waals surface area contributed by atoms with E-state index in [-0.39, 0.29) is 0 Å². The fraction of sp³-hybridized carbons (Fsp3) is 0.133. The van der Waals surface area contributed by atoms with Crippen LogP contribution >= 0.6 is 27.7 Å². The van der Waals surface area contributed by atoms with Crippen LogP contribution in [-0.4, -0.2) is 11.1 Å². The van der Waals surface area contributed by atoms with Crippen LogP contribution in [0.25, 0.3) is 0 Å². The van der Waals surface area contributed by atoms with Gasteiger partial charge in [-0.25, -0.2) is 4.79 Å². The van der Waals surface area contributed by atoms with Crippen molar-refractivity contribution >= 4 is 33.7 Å². The fourth-order valence-electron chi connectivity index (χ4n) is 1.71. The summed E-state index contributed by atoms with van der Waals surface area (Å²) in [5, 5.41) is 8.91. The zero-order chi connectivity index (χ0) is 13.8. The Hall–Kier alpha value is -1.26. The Balaban J connectivity index is 2.10. The highest BCUT2D eigenvalue weighted by Gasteiger charge is 2.07. The highest BCUT2D eigenvalue weighted by Crippen LogP contribution is 2.31. The van der Waals surface area contributed by atoms with Crippen LogP contribution in [0.15, 0.2) is 51.8 Å². The molecule has 98 valence electrons. The molecule has 0 aliphatic carbocycles. The van der Waals surface area contributed by atoms with Crippen LogP contribution < -0.4 is 0 Å². The van der Waals surface area contributed by atoms with Gasteiger partial charge in [0, 0.05) is 15.1 Å². The molecule has 2 rings (SSSR count). The number of hydrogen-bond acceptors (Lipinski definition) is 2. The van der Waals surface area contributed by atoms with E-state index in [1.165, 1.54) is 11.1 Å². The van der Waals surface area contributed by atoms with E-state index in [0.717, 1.165) is 15.1 Å².